The maximum absolute atomic E-state index is 11.9. The molecule has 0 aliphatic rings. The number of hydrogen-bond acceptors (Lipinski definition) is 2. The molecule has 0 heterocycles. The van der Waals surface area contributed by atoms with Crippen LogP contribution in [0.2, 0.25) is 0 Å². The number of amides is 1. The van der Waals surface area contributed by atoms with Crippen LogP contribution in [-0.4, -0.2) is 18.1 Å². The van der Waals surface area contributed by atoms with Gasteiger partial charge in [-0.1, -0.05) is 24.8 Å². The minimum Gasteiger partial charge on any atom is -0.513 e. The van der Waals surface area contributed by atoms with Crippen LogP contribution in [0, 0.1) is 6.92 Å². The molecule has 0 spiro atoms. The summed E-state index contributed by atoms with van der Waals surface area (Å²) in [5, 5.41) is 8.95. The first-order valence-corrected chi connectivity index (χ1v) is 5.71. The van der Waals surface area contributed by atoms with Crippen molar-refractivity contribution in [3.05, 3.63) is 42.2 Å². The van der Waals surface area contributed by atoms with Gasteiger partial charge in [-0.05, 0) is 25.0 Å². The Kier molecular flexibility index (Phi) is 4.76. The largest absolute Gasteiger partial charge is 0.513 e. The van der Waals surface area contributed by atoms with E-state index in [1.165, 1.54) is 0 Å². The maximum atomic E-state index is 11.9. The number of carbonyl (C=O) groups excluding carboxylic acids is 1. The number of rotatable bonds is 5. The lowest BCUT2D eigenvalue weighted by atomic mass is 10.1. The molecule has 0 unspecified atom stereocenters. The van der Waals surface area contributed by atoms with E-state index >= 15 is 0 Å². The molecule has 0 bridgehead atoms. The van der Waals surface area contributed by atoms with Gasteiger partial charge in [-0.2, -0.15) is 0 Å². The molecule has 1 amide bonds. The zero-order valence-corrected chi connectivity index (χ0v) is 10.4. The third-order valence-corrected chi connectivity index (χ3v) is 2.71. The average Bonchev–Trinajstić information content (AvgIpc) is 2.28. The first-order chi connectivity index (χ1) is 8.02. The molecule has 0 saturated carbocycles. The molecule has 1 aromatic rings. The number of allylic oxidation sites excluding steroid dienone is 1. The quantitative estimate of drug-likeness (QED) is 0.793. The number of aliphatic hydroxyl groups excluding tert-OH is 1. The molecule has 0 aliphatic heterocycles. The molecule has 0 radical (unpaired) electrons. The van der Waals surface area contributed by atoms with Crippen LogP contribution in [0.3, 0.4) is 0 Å². The van der Waals surface area contributed by atoms with Gasteiger partial charge in [0, 0.05) is 25.6 Å². The number of hydrogen-bond donors (Lipinski definition) is 1. The van der Waals surface area contributed by atoms with Crippen LogP contribution in [0.1, 0.15) is 24.8 Å². The highest BCUT2D eigenvalue weighted by molar-refractivity contribution is 5.93. The Morgan fingerprint density at radius 3 is 2.59 bits per heavy atom. The predicted molar refractivity (Wildman–Crippen MR) is 70.2 cm³/mol. The number of carbonyl (C=O) groups is 1. The number of anilines is 1. The highest BCUT2D eigenvalue weighted by Crippen LogP contribution is 2.19. The Bertz CT molecular complexity index is 412. The molecule has 1 rings (SSSR count). The third-order valence-electron chi connectivity index (χ3n) is 2.71. The number of benzene rings is 1. The zero-order chi connectivity index (χ0) is 12.8. The number of para-hydroxylation sites is 1. The molecule has 0 fully saturated rings. The zero-order valence-electron chi connectivity index (χ0n) is 10.4. The summed E-state index contributed by atoms with van der Waals surface area (Å²) in [4.78, 5) is 13.6. The SMILES string of the molecule is C=C(O)CCCC(=O)N(C)c1ccccc1C. The van der Waals surface area contributed by atoms with Gasteiger partial charge < -0.3 is 10.0 Å². The minimum atomic E-state index is 0.0561. The van der Waals surface area contributed by atoms with Crippen molar-refractivity contribution in [1.82, 2.24) is 0 Å². The molecule has 1 aromatic carbocycles. The Morgan fingerprint density at radius 2 is 2.00 bits per heavy atom. The maximum Gasteiger partial charge on any atom is 0.226 e. The van der Waals surface area contributed by atoms with Gasteiger partial charge in [0.25, 0.3) is 0 Å². The molecular weight excluding hydrogens is 214 g/mol. The smallest absolute Gasteiger partial charge is 0.226 e. The van der Waals surface area contributed by atoms with Crippen LogP contribution in [0.25, 0.3) is 0 Å². The summed E-state index contributed by atoms with van der Waals surface area (Å²) in [6, 6.07) is 7.78. The predicted octanol–water partition coefficient (Wildman–Crippen LogP) is 3.20. The molecule has 0 aliphatic carbocycles. The van der Waals surface area contributed by atoms with Gasteiger partial charge >= 0.3 is 0 Å². The van der Waals surface area contributed by atoms with Gasteiger partial charge in [0.2, 0.25) is 5.91 Å². The van der Waals surface area contributed by atoms with E-state index in [-0.39, 0.29) is 11.7 Å². The molecule has 92 valence electrons. The van der Waals surface area contributed by atoms with Gasteiger partial charge in [-0.15, -0.1) is 0 Å². The Labute approximate surface area is 102 Å². The van der Waals surface area contributed by atoms with Gasteiger partial charge in [0.05, 0.1) is 5.76 Å². The van der Waals surface area contributed by atoms with Crippen molar-refractivity contribution in [2.24, 2.45) is 0 Å². The monoisotopic (exact) mass is 233 g/mol. The third kappa shape index (κ3) is 3.94. The van der Waals surface area contributed by atoms with Crippen molar-refractivity contribution in [2.75, 3.05) is 11.9 Å². The van der Waals surface area contributed by atoms with Gasteiger partial charge in [-0.3, -0.25) is 4.79 Å². The van der Waals surface area contributed by atoms with Gasteiger partial charge in [0.1, 0.15) is 0 Å². The lowest BCUT2D eigenvalue weighted by Gasteiger charge is -2.19. The minimum absolute atomic E-state index is 0.0561. The highest BCUT2D eigenvalue weighted by Gasteiger charge is 2.11. The average molecular weight is 233 g/mol. The Morgan fingerprint density at radius 1 is 1.35 bits per heavy atom. The van der Waals surface area contributed by atoms with Gasteiger partial charge in [-0.25, -0.2) is 0 Å². The van der Waals surface area contributed by atoms with Crippen molar-refractivity contribution in [1.29, 1.82) is 0 Å². The van der Waals surface area contributed by atoms with Crippen molar-refractivity contribution in [2.45, 2.75) is 26.2 Å². The fraction of sp³-hybridized carbons (Fsp3) is 0.357. The van der Waals surface area contributed by atoms with E-state index in [0.29, 0.717) is 19.3 Å². The fourth-order valence-electron chi connectivity index (χ4n) is 1.69. The van der Waals surface area contributed by atoms with Crippen molar-refractivity contribution < 1.29 is 9.90 Å². The van der Waals surface area contributed by atoms with E-state index in [1.807, 2.05) is 31.2 Å². The van der Waals surface area contributed by atoms with Crippen LogP contribution in [-0.2, 0) is 4.79 Å². The van der Waals surface area contributed by atoms with Crippen molar-refractivity contribution in [3.63, 3.8) is 0 Å². The Balaban J connectivity index is 2.58. The van der Waals surface area contributed by atoms with E-state index in [9.17, 15) is 4.79 Å². The fourth-order valence-corrected chi connectivity index (χ4v) is 1.69. The number of nitrogens with zero attached hydrogens (tertiary/aromatic N) is 1. The summed E-state index contributed by atoms with van der Waals surface area (Å²) >= 11 is 0. The van der Waals surface area contributed by atoms with Crippen LogP contribution in [0.4, 0.5) is 5.69 Å². The molecule has 0 aromatic heterocycles. The summed E-state index contributed by atoms with van der Waals surface area (Å²) in [5.74, 6) is 0.192. The second kappa shape index (κ2) is 6.09. The lowest BCUT2D eigenvalue weighted by molar-refractivity contribution is -0.118. The van der Waals surface area contributed by atoms with Crippen molar-refractivity contribution in [3.8, 4) is 0 Å². The van der Waals surface area contributed by atoms with E-state index in [4.69, 9.17) is 5.11 Å². The van der Waals surface area contributed by atoms with E-state index in [0.717, 1.165) is 11.3 Å². The van der Waals surface area contributed by atoms with Gasteiger partial charge in [0.15, 0.2) is 0 Å². The topological polar surface area (TPSA) is 40.5 Å². The van der Waals surface area contributed by atoms with E-state index in [2.05, 4.69) is 6.58 Å². The molecule has 17 heavy (non-hydrogen) atoms. The summed E-state index contributed by atoms with van der Waals surface area (Å²) < 4.78 is 0. The first-order valence-electron chi connectivity index (χ1n) is 5.71. The summed E-state index contributed by atoms with van der Waals surface area (Å²) in [6.45, 7) is 5.38. The second-order valence-electron chi connectivity index (χ2n) is 4.16. The van der Waals surface area contributed by atoms with E-state index in [1.54, 1.807) is 11.9 Å². The molecular formula is C14H19NO2. The lowest BCUT2D eigenvalue weighted by Crippen LogP contribution is -2.26. The Hall–Kier alpha value is -1.77. The van der Waals surface area contributed by atoms with Crippen LogP contribution in [0.15, 0.2) is 36.6 Å². The standard InChI is InChI=1S/C14H19NO2/c1-11-7-4-5-9-13(11)15(3)14(17)10-6-8-12(2)16/h4-5,7,9,16H,2,6,8,10H2,1,3H3. The number of aryl methyl sites for hydroxylation is 1. The molecule has 0 saturated heterocycles. The van der Waals surface area contributed by atoms with Crippen molar-refractivity contribution >= 4 is 11.6 Å². The second-order valence-corrected chi connectivity index (χ2v) is 4.16. The molecule has 0 atom stereocenters. The highest BCUT2D eigenvalue weighted by atomic mass is 16.3. The van der Waals surface area contributed by atoms with Crippen LogP contribution >= 0.6 is 0 Å². The summed E-state index contributed by atoms with van der Waals surface area (Å²) in [7, 11) is 1.78. The van der Waals surface area contributed by atoms with Crippen LogP contribution in [0.5, 0.6) is 0 Å². The van der Waals surface area contributed by atoms with Crippen LogP contribution < -0.4 is 4.90 Å². The molecule has 3 nitrogen and oxygen atoms in total. The molecule has 1 N–H and O–H groups in total. The number of aliphatic hydroxyl groups is 1. The summed E-state index contributed by atoms with van der Waals surface area (Å²) in [5.41, 5.74) is 2.01. The molecule has 3 heteroatoms. The van der Waals surface area contributed by atoms with E-state index < -0.39 is 0 Å². The summed E-state index contributed by atoms with van der Waals surface area (Å²) in [6.07, 6.45) is 1.53. The normalized spacial score (nSPS) is 10.0. The first kappa shape index (κ1) is 13.3.